The average Bonchev–Trinajstić information content (AvgIpc) is 2.05. The van der Waals surface area contributed by atoms with Crippen LogP contribution in [-0.2, 0) is 24.2 Å². The molecule has 0 aliphatic heterocycles. The van der Waals surface area contributed by atoms with Gasteiger partial charge >= 0.3 is 82.7 Å². The Morgan fingerprint density at radius 1 is 1.33 bits per heavy atom. The summed E-state index contributed by atoms with van der Waals surface area (Å²) < 4.78 is 11.9. The van der Waals surface area contributed by atoms with Crippen molar-refractivity contribution in [1.29, 1.82) is 0 Å². The molecule has 12 heavy (non-hydrogen) atoms. The molecule has 0 N–H and O–H groups in total. The molecule has 1 unspecified atom stereocenters. The van der Waals surface area contributed by atoms with E-state index in [9.17, 15) is 4.21 Å². The molecule has 0 heterocycles. The van der Waals surface area contributed by atoms with Gasteiger partial charge in [-0.2, -0.15) is 0 Å². The van der Waals surface area contributed by atoms with Crippen LogP contribution in [0.25, 0.3) is 0 Å². The molecule has 1 atom stereocenters. The van der Waals surface area contributed by atoms with Crippen LogP contribution in [0.1, 0.15) is 12.5 Å². The topological polar surface area (TPSA) is 17.1 Å². The second kappa shape index (κ2) is 3.81. The van der Waals surface area contributed by atoms with Gasteiger partial charge in [0.15, 0.2) is 0 Å². The molecule has 1 rings (SSSR count). The van der Waals surface area contributed by atoms with E-state index in [-0.39, 0.29) is 0 Å². The van der Waals surface area contributed by atoms with Crippen molar-refractivity contribution in [3.05, 3.63) is 29.8 Å². The molecule has 0 radical (unpaired) electrons. The summed E-state index contributed by atoms with van der Waals surface area (Å²) in [5.74, 6) is 0.731. The molecule has 0 aliphatic rings. The minimum atomic E-state index is -1.74. The summed E-state index contributed by atoms with van der Waals surface area (Å²) in [6, 6.07) is 7.96. The predicted octanol–water partition coefficient (Wildman–Crippen LogP) is 2.12. The molecule has 0 spiro atoms. The maximum atomic E-state index is 11.9. The number of aryl methyl sites for hydroxylation is 1. The Bertz CT molecular complexity index is 351. The van der Waals surface area contributed by atoms with Crippen molar-refractivity contribution in [1.82, 2.24) is 0 Å². The molecule has 0 fully saturated rings. The van der Waals surface area contributed by atoms with Crippen molar-refractivity contribution in [2.45, 2.75) is 18.7 Å². The fourth-order valence-electron chi connectivity index (χ4n) is 0.905. The molecule has 0 bridgehead atoms. The average molecular weight is 358 g/mol. The molecular formula is C9H12OOsS. The first-order valence-electron chi connectivity index (χ1n) is 3.83. The Hall–Kier alpha value is 0.00636. The van der Waals surface area contributed by atoms with Gasteiger partial charge in [-0.05, 0) is 0 Å². The normalized spacial score (nSPS) is 15.6. The van der Waals surface area contributed by atoms with E-state index in [0.717, 1.165) is 10.6 Å². The summed E-state index contributed by atoms with van der Waals surface area (Å²) >= 11 is 1.61. The Kier molecular flexibility index (Phi) is 3.20. The van der Waals surface area contributed by atoms with Crippen molar-refractivity contribution in [2.24, 2.45) is 0 Å². The van der Waals surface area contributed by atoms with Crippen LogP contribution >= 0.6 is 0 Å². The van der Waals surface area contributed by atoms with E-state index in [1.807, 2.05) is 38.1 Å². The van der Waals surface area contributed by atoms with Crippen LogP contribution in [0.4, 0.5) is 0 Å². The van der Waals surface area contributed by atoms with E-state index in [1.165, 1.54) is 5.56 Å². The summed E-state index contributed by atoms with van der Waals surface area (Å²) in [6.45, 7) is 4.00. The van der Waals surface area contributed by atoms with Crippen molar-refractivity contribution in [2.75, 3.05) is 5.75 Å². The second-order valence-electron chi connectivity index (χ2n) is 2.68. The molecule has 0 amide bonds. The van der Waals surface area contributed by atoms with Crippen molar-refractivity contribution in [3.8, 4) is 0 Å². The van der Waals surface area contributed by atoms with Gasteiger partial charge in [0, 0.05) is 0 Å². The van der Waals surface area contributed by atoms with Gasteiger partial charge in [-0.1, -0.05) is 0 Å². The zero-order valence-electron chi connectivity index (χ0n) is 7.19. The molecular weight excluding hydrogens is 346 g/mol. The van der Waals surface area contributed by atoms with E-state index in [1.54, 1.807) is 16.8 Å². The maximum absolute atomic E-state index is 11.9. The molecule has 0 aliphatic carbocycles. The Balaban J connectivity index is 3.14. The number of rotatable bonds is 2. The van der Waals surface area contributed by atoms with Gasteiger partial charge in [0.2, 0.25) is 0 Å². The fraction of sp³-hybridized carbons (Fsp3) is 0.333. The van der Waals surface area contributed by atoms with Gasteiger partial charge in [0.05, 0.1) is 0 Å². The van der Waals surface area contributed by atoms with E-state index in [0.29, 0.717) is 0 Å². The molecule has 1 aromatic carbocycles. The van der Waals surface area contributed by atoms with Gasteiger partial charge < -0.3 is 0 Å². The van der Waals surface area contributed by atoms with Crippen LogP contribution in [0, 0.1) is 6.92 Å². The third-order valence-corrected chi connectivity index (χ3v) is 7.42. The van der Waals surface area contributed by atoms with Gasteiger partial charge in [-0.3, -0.25) is 0 Å². The molecule has 1 nitrogen and oxygen atoms in total. The third-order valence-electron chi connectivity index (χ3n) is 1.73. The van der Waals surface area contributed by atoms with Crippen LogP contribution in [0.5, 0.6) is 0 Å². The van der Waals surface area contributed by atoms with Crippen molar-refractivity contribution < 1.29 is 21.0 Å². The zero-order valence-corrected chi connectivity index (χ0v) is 10.5. The first-order chi connectivity index (χ1) is 5.56. The van der Waals surface area contributed by atoms with Gasteiger partial charge in [0.1, 0.15) is 0 Å². The van der Waals surface area contributed by atoms with Crippen LogP contribution < -0.4 is 0 Å². The predicted molar refractivity (Wildman–Crippen MR) is 48.1 cm³/mol. The molecule has 0 aromatic heterocycles. The van der Waals surface area contributed by atoms with Gasteiger partial charge in [-0.25, -0.2) is 0 Å². The van der Waals surface area contributed by atoms with Crippen LogP contribution in [0.15, 0.2) is 29.2 Å². The first kappa shape index (κ1) is 10.1. The molecule has 0 saturated heterocycles. The molecule has 68 valence electrons. The molecule has 1 aromatic rings. The van der Waals surface area contributed by atoms with E-state index in [4.69, 9.17) is 0 Å². The summed E-state index contributed by atoms with van der Waals surface area (Å²) in [5.41, 5.74) is 1.22. The van der Waals surface area contributed by atoms with Gasteiger partial charge in [0.25, 0.3) is 0 Å². The third kappa shape index (κ3) is 2.25. The number of hydrogen-bond acceptors (Lipinski definition) is 1. The zero-order chi connectivity index (χ0) is 9.19. The van der Waals surface area contributed by atoms with Gasteiger partial charge in [-0.15, -0.1) is 0 Å². The first-order valence-corrected chi connectivity index (χ1v) is 8.55. The summed E-state index contributed by atoms with van der Waals surface area (Å²) in [4.78, 5) is 0.980. The standard InChI is InChI=1S/C9H12OS.Os/c1-3-11(10)9-6-4-8(2)5-7-9;/h4-7H,3H2,1-2H3;. The Morgan fingerprint density at radius 2 is 1.83 bits per heavy atom. The second-order valence-corrected chi connectivity index (χ2v) is 9.91. The quantitative estimate of drug-likeness (QED) is 0.792. The number of hydrogen-bond donors (Lipinski definition) is 0. The fourth-order valence-corrected chi connectivity index (χ4v) is 2.81. The summed E-state index contributed by atoms with van der Waals surface area (Å²) in [6.07, 6.45) is 0. The Morgan fingerprint density at radius 3 is 2.25 bits per heavy atom. The van der Waals surface area contributed by atoms with E-state index >= 15 is 0 Å². The molecule has 0 saturated carbocycles. The number of benzene rings is 1. The van der Waals surface area contributed by atoms with Crippen LogP contribution in [0.3, 0.4) is 0 Å². The van der Waals surface area contributed by atoms with Crippen LogP contribution in [-0.4, -0.2) is 9.96 Å². The summed E-state index contributed by atoms with van der Waals surface area (Å²) in [7, 11) is -1.74. The SMILES string of the molecule is CC[S](=O)(=[Os])c1ccc(C)cc1. The van der Waals surface area contributed by atoms with Crippen molar-refractivity contribution in [3.63, 3.8) is 0 Å². The van der Waals surface area contributed by atoms with Crippen LogP contribution in [0.2, 0.25) is 0 Å². The summed E-state index contributed by atoms with van der Waals surface area (Å²) in [5, 5.41) is 0. The minimum absolute atomic E-state index is 0.731. The molecule has 3 heteroatoms. The van der Waals surface area contributed by atoms with E-state index < -0.39 is 7.36 Å². The van der Waals surface area contributed by atoms with E-state index in [2.05, 4.69) is 0 Å². The van der Waals surface area contributed by atoms with Crippen molar-refractivity contribution >= 4 is 7.36 Å². The Labute approximate surface area is 82.7 Å². The monoisotopic (exact) mass is 360 g/mol.